The fourth-order valence-electron chi connectivity index (χ4n) is 0.890. The van der Waals surface area contributed by atoms with Gasteiger partial charge in [-0.3, -0.25) is 0 Å². The molecule has 0 saturated heterocycles. The molecule has 0 aliphatic heterocycles. The fourth-order valence-corrected chi connectivity index (χ4v) is 0.890. The molecule has 74 valence electrons. The van der Waals surface area contributed by atoms with Gasteiger partial charge < -0.3 is 5.11 Å². The van der Waals surface area contributed by atoms with Gasteiger partial charge in [-0.25, -0.2) is 4.98 Å². The molecule has 0 spiro atoms. The summed E-state index contributed by atoms with van der Waals surface area (Å²) in [5.74, 6) is 0. The highest BCUT2D eigenvalue weighted by atomic mass is 19.4. The van der Waals surface area contributed by atoms with Crippen LogP contribution in [0.2, 0.25) is 0 Å². The SMILES string of the molecule is N#Cc1cc(C(F)(F)F)cc(CO)n1. The minimum Gasteiger partial charge on any atom is -0.390 e. The van der Waals surface area contributed by atoms with Gasteiger partial charge in [0, 0.05) is 0 Å². The molecule has 1 aromatic heterocycles. The molecule has 0 amide bonds. The summed E-state index contributed by atoms with van der Waals surface area (Å²) in [6.45, 7) is -0.626. The number of nitrogens with zero attached hydrogens (tertiary/aromatic N) is 2. The molecule has 0 radical (unpaired) electrons. The first-order valence-corrected chi connectivity index (χ1v) is 3.56. The van der Waals surface area contributed by atoms with Gasteiger partial charge in [0.1, 0.15) is 11.8 Å². The van der Waals surface area contributed by atoms with E-state index < -0.39 is 18.3 Å². The summed E-state index contributed by atoms with van der Waals surface area (Å²) in [5, 5.41) is 17.0. The van der Waals surface area contributed by atoms with Gasteiger partial charge in [-0.2, -0.15) is 18.4 Å². The smallest absolute Gasteiger partial charge is 0.390 e. The molecule has 1 rings (SSSR count). The van der Waals surface area contributed by atoms with E-state index in [9.17, 15) is 13.2 Å². The van der Waals surface area contributed by atoms with Gasteiger partial charge in [0.05, 0.1) is 17.9 Å². The number of nitriles is 1. The van der Waals surface area contributed by atoms with Crippen molar-refractivity contribution in [3.05, 3.63) is 29.1 Å². The largest absolute Gasteiger partial charge is 0.416 e. The second kappa shape index (κ2) is 3.64. The fraction of sp³-hybridized carbons (Fsp3) is 0.250. The van der Waals surface area contributed by atoms with Crippen LogP contribution < -0.4 is 0 Å². The van der Waals surface area contributed by atoms with E-state index in [2.05, 4.69) is 4.98 Å². The van der Waals surface area contributed by atoms with Gasteiger partial charge >= 0.3 is 6.18 Å². The van der Waals surface area contributed by atoms with Gasteiger partial charge in [-0.05, 0) is 12.1 Å². The molecule has 6 heteroatoms. The van der Waals surface area contributed by atoms with Crippen LogP contribution in [0.1, 0.15) is 17.0 Å². The van der Waals surface area contributed by atoms with Crippen molar-refractivity contribution in [2.75, 3.05) is 0 Å². The molecule has 0 unspecified atom stereocenters. The van der Waals surface area contributed by atoms with Gasteiger partial charge in [0.2, 0.25) is 0 Å². The molecule has 0 atom stereocenters. The van der Waals surface area contributed by atoms with Gasteiger partial charge in [0.15, 0.2) is 0 Å². The van der Waals surface area contributed by atoms with E-state index in [0.717, 1.165) is 0 Å². The molecule has 0 aromatic carbocycles. The number of alkyl halides is 3. The Morgan fingerprint density at radius 3 is 2.50 bits per heavy atom. The van der Waals surface area contributed by atoms with Crippen LogP contribution in [0.15, 0.2) is 12.1 Å². The predicted molar refractivity (Wildman–Crippen MR) is 39.9 cm³/mol. The third-order valence-corrected chi connectivity index (χ3v) is 1.48. The monoisotopic (exact) mass is 202 g/mol. The number of rotatable bonds is 1. The summed E-state index contributed by atoms with van der Waals surface area (Å²) in [4.78, 5) is 3.47. The van der Waals surface area contributed by atoms with E-state index in [-0.39, 0.29) is 11.4 Å². The van der Waals surface area contributed by atoms with Gasteiger partial charge in [0.25, 0.3) is 0 Å². The van der Waals surface area contributed by atoms with Crippen LogP contribution in [0.5, 0.6) is 0 Å². The van der Waals surface area contributed by atoms with Crippen molar-refractivity contribution < 1.29 is 18.3 Å². The van der Waals surface area contributed by atoms with Gasteiger partial charge in [-0.1, -0.05) is 0 Å². The van der Waals surface area contributed by atoms with Crippen molar-refractivity contribution in [3.63, 3.8) is 0 Å². The number of aliphatic hydroxyl groups excluding tert-OH is 1. The zero-order chi connectivity index (χ0) is 10.8. The Hall–Kier alpha value is -1.61. The Balaban J connectivity index is 3.26. The van der Waals surface area contributed by atoms with E-state index in [4.69, 9.17) is 10.4 Å². The van der Waals surface area contributed by atoms with E-state index in [1.54, 1.807) is 0 Å². The third kappa shape index (κ3) is 2.20. The number of pyridine rings is 1. The van der Waals surface area contributed by atoms with Crippen molar-refractivity contribution >= 4 is 0 Å². The van der Waals surface area contributed by atoms with Crippen LogP contribution >= 0.6 is 0 Å². The summed E-state index contributed by atoms with van der Waals surface area (Å²) in [6, 6.07) is 2.84. The maximum atomic E-state index is 12.2. The van der Waals surface area contributed by atoms with Crippen LogP contribution in [0, 0.1) is 11.3 Å². The third-order valence-electron chi connectivity index (χ3n) is 1.48. The highest BCUT2D eigenvalue weighted by molar-refractivity contribution is 5.30. The highest BCUT2D eigenvalue weighted by Crippen LogP contribution is 2.29. The molecule has 1 heterocycles. The van der Waals surface area contributed by atoms with E-state index in [1.165, 1.54) is 6.07 Å². The zero-order valence-electron chi connectivity index (χ0n) is 6.84. The molecule has 0 aliphatic rings. The molecule has 1 N–H and O–H groups in total. The van der Waals surface area contributed by atoms with Crippen molar-refractivity contribution in [2.24, 2.45) is 0 Å². The van der Waals surface area contributed by atoms with E-state index in [0.29, 0.717) is 12.1 Å². The Morgan fingerprint density at radius 2 is 2.07 bits per heavy atom. The average molecular weight is 202 g/mol. The zero-order valence-corrected chi connectivity index (χ0v) is 6.84. The minimum atomic E-state index is -4.53. The number of aliphatic hydroxyl groups is 1. The first-order valence-electron chi connectivity index (χ1n) is 3.56. The summed E-state index contributed by atoms with van der Waals surface area (Å²) in [6.07, 6.45) is -4.53. The molecule has 3 nitrogen and oxygen atoms in total. The van der Waals surface area contributed by atoms with Gasteiger partial charge in [-0.15, -0.1) is 0 Å². The Morgan fingerprint density at radius 1 is 1.43 bits per heavy atom. The normalized spacial score (nSPS) is 11.1. The van der Waals surface area contributed by atoms with Crippen LogP contribution in [-0.2, 0) is 12.8 Å². The van der Waals surface area contributed by atoms with Crippen LogP contribution in [0.25, 0.3) is 0 Å². The number of hydrogen-bond donors (Lipinski definition) is 1. The Labute approximate surface area is 77.4 Å². The molecular formula is C8H5F3N2O. The number of aromatic nitrogens is 1. The molecule has 0 fully saturated rings. The Kier molecular flexibility index (Phi) is 2.72. The first-order chi connectivity index (χ1) is 6.47. The minimum absolute atomic E-state index is 0.170. The Bertz CT molecular complexity index is 381. The maximum absolute atomic E-state index is 12.2. The molecular weight excluding hydrogens is 197 g/mol. The molecule has 0 bridgehead atoms. The number of halogens is 3. The maximum Gasteiger partial charge on any atom is 0.416 e. The second-order valence-electron chi connectivity index (χ2n) is 2.50. The lowest BCUT2D eigenvalue weighted by atomic mass is 10.2. The lowest BCUT2D eigenvalue weighted by Gasteiger charge is -2.07. The van der Waals surface area contributed by atoms with Crippen molar-refractivity contribution in [2.45, 2.75) is 12.8 Å². The van der Waals surface area contributed by atoms with E-state index in [1.807, 2.05) is 0 Å². The lowest BCUT2D eigenvalue weighted by Crippen LogP contribution is -2.07. The molecule has 1 aromatic rings. The standard InChI is InChI=1S/C8H5F3N2O/c9-8(10,11)5-1-6(3-12)13-7(2-5)4-14/h1-2,14H,4H2. The molecule has 14 heavy (non-hydrogen) atoms. The predicted octanol–water partition coefficient (Wildman–Crippen LogP) is 1.46. The highest BCUT2D eigenvalue weighted by Gasteiger charge is 2.31. The summed E-state index contributed by atoms with van der Waals surface area (Å²) >= 11 is 0. The van der Waals surface area contributed by atoms with E-state index >= 15 is 0 Å². The summed E-state index contributed by atoms with van der Waals surface area (Å²) < 4.78 is 36.6. The first kappa shape index (κ1) is 10.5. The average Bonchev–Trinajstić information content (AvgIpc) is 2.15. The second-order valence-corrected chi connectivity index (χ2v) is 2.50. The molecule has 0 saturated carbocycles. The summed E-state index contributed by atoms with van der Waals surface area (Å²) in [5.41, 5.74) is -1.51. The summed E-state index contributed by atoms with van der Waals surface area (Å²) in [7, 11) is 0. The quantitative estimate of drug-likeness (QED) is 0.750. The number of hydrogen-bond acceptors (Lipinski definition) is 3. The lowest BCUT2D eigenvalue weighted by molar-refractivity contribution is -0.137. The van der Waals surface area contributed by atoms with Crippen molar-refractivity contribution in [1.29, 1.82) is 5.26 Å². The van der Waals surface area contributed by atoms with Crippen LogP contribution in [-0.4, -0.2) is 10.1 Å². The van der Waals surface area contributed by atoms with Crippen molar-refractivity contribution in [1.82, 2.24) is 4.98 Å². The van der Waals surface area contributed by atoms with Crippen molar-refractivity contribution in [3.8, 4) is 6.07 Å². The van der Waals surface area contributed by atoms with Crippen LogP contribution in [0.4, 0.5) is 13.2 Å². The topological polar surface area (TPSA) is 56.9 Å². The van der Waals surface area contributed by atoms with Crippen LogP contribution in [0.3, 0.4) is 0 Å². The molecule has 0 aliphatic carbocycles.